The van der Waals surface area contributed by atoms with Crippen molar-refractivity contribution in [2.24, 2.45) is 5.92 Å². The zero-order chi connectivity index (χ0) is 15.4. The second-order valence-electron chi connectivity index (χ2n) is 4.71. The largest absolute Gasteiger partial charge is 0.484 e. The third kappa shape index (κ3) is 3.68. The maximum atomic E-state index is 11.9. The quantitative estimate of drug-likeness (QED) is 0.638. The SMILES string of the molecule is O=C(O)C1CCN(C(=O)COc2cccc([N+](=O)[O-])c2)C1. The van der Waals surface area contributed by atoms with Crippen LogP contribution in [0, 0.1) is 16.0 Å². The number of non-ortho nitro benzene ring substituents is 1. The first-order chi connectivity index (χ1) is 9.97. The molecular formula is C13H14N2O6. The summed E-state index contributed by atoms with van der Waals surface area (Å²) in [5.41, 5.74) is -0.118. The van der Waals surface area contributed by atoms with Crippen LogP contribution in [-0.2, 0) is 9.59 Å². The van der Waals surface area contributed by atoms with Gasteiger partial charge >= 0.3 is 5.97 Å². The van der Waals surface area contributed by atoms with Gasteiger partial charge in [-0.2, -0.15) is 0 Å². The van der Waals surface area contributed by atoms with Crippen LogP contribution in [0.15, 0.2) is 24.3 Å². The number of ether oxygens (including phenoxy) is 1. The number of likely N-dealkylation sites (tertiary alicyclic amines) is 1. The van der Waals surface area contributed by atoms with E-state index in [-0.39, 0.29) is 30.5 Å². The molecule has 1 fully saturated rings. The first kappa shape index (κ1) is 14.8. The van der Waals surface area contributed by atoms with Crippen LogP contribution in [0.25, 0.3) is 0 Å². The molecule has 0 radical (unpaired) electrons. The lowest BCUT2D eigenvalue weighted by Crippen LogP contribution is -2.33. The van der Waals surface area contributed by atoms with Crippen LogP contribution in [-0.4, -0.2) is 46.5 Å². The van der Waals surface area contributed by atoms with Crippen LogP contribution < -0.4 is 4.74 Å². The van der Waals surface area contributed by atoms with Crippen molar-refractivity contribution < 1.29 is 24.4 Å². The zero-order valence-electron chi connectivity index (χ0n) is 11.1. The molecule has 0 aliphatic carbocycles. The lowest BCUT2D eigenvalue weighted by atomic mass is 10.1. The summed E-state index contributed by atoms with van der Waals surface area (Å²) in [5.74, 6) is -1.55. The Labute approximate surface area is 120 Å². The highest BCUT2D eigenvalue weighted by atomic mass is 16.6. The number of nitrogens with zero attached hydrogens (tertiary/aromatic N) is 2. The second-order valence-corrected chi connectivity index (χ2v) is 4.71. The maximum absolute atomic E-state index is 11.9. The molecule has 1 atom stereocenters. The molecule has 1 heterocycles. The number of carbonyl (C=O) groups is 2. The molecule has 0 saturated carbocycles. The van der Waals surface area contributed by atoms with Crippen molar-refractivity contribution in [2.75, 3.05) is 19.7 Å². The summed E-state index contributed by atoms with van der Waals surface area (Å²) in [4.78, 5) is 34.2. The number of aliphatic carboxylic acids is 1. The predicted molar refractivity (Wildman–Crippen MR) is 70.9 cm³/mol. The lowest BCUT2D eigenvalue weighted by Gasteiger charge is -2.16. The highest BCUT2D eigenvalue weighted by molar-refractivity contribution is 5.80. The molecule has 21 heavy (non-hydrogen) atoms. The fourth-order valence-corrected chi connectivity index (χ4v) is 2.11. The van der Waals surface area contributed by atoms with Gasteiger partial charge in [0.25, 0.3) is 11.6 Å². The number of amides is 1. The zero-order valence-corrected chi connectivity index (χ0v) is 11.1. The maximum Gasteiger partial charge on any atom is 0.308 e. The number of nitro benzene ring substituents is 1. The summed E-state index contributed by atoms with van der Waals surface area (Å²) in [6.45, 7) is 0.286. The normalized spacial score (nSPS) is 17.5. The minimum absolute atomic E-state index is 0.118. The Morgan fingerprint density at radius 3 is 2.86 bits per heavy atom. The minimum atomic E-state index is -0.912. The Hall–Kier alpha value is -2.64. The van der Waals surface area contributed by atoms with Gasteiger partial charge in [0.05, 0.1) is 16.9 Å². The van der Waals surface area contributed by atoms with Crippen molar-refractivity contribution in [3.8, 4) is 5.75 Å². The van der Waals surface area contributed by atoms with Gasteiger partial charge in [0.15, 0.2) is 6.61 Å². The van der Waals surface area contributed by atoms with Gasteiger partial charge in [-0.05, 0) is 12.5 Å². The van der Waals surface area contributed by atoms with Crippen LogP contribution in [0.1, 0.15) is 6.42 Å². The molecule has 0 spiro atoms. The molecule has 1 aromatic rings. The highest BCUT2D eigenvalue weighted by Crippen LogP contribution is 2.20. The van der Waals surface area contributed by atoms with Crippen LogP contribution >= 0.6 is 0 Å². The van der Waals surface area contributed by atoms with E-state index in [0.717, 1.165) is 0 Å². The molecule has 0 bridgehead atoms. The van der Waals surface area contributed by atoms with E-state index in [9.17, 15) is 19.7 Å². The summed E-state index contributed by atoms with van der Waals surface area (Å²) in [7, 11) is 0. The summed E-state index contributed by atoms with van der Waals surface area (Å²) < 4.78 is 5.22. The van der Waals surface area contributed by atoms with Crippen molar-refractivity contribution in [1.82, 2.24) is 4.90 Å². The van der Waals surface area contributed by atoms with Gasteiger partial charge < -0.3 is 14.7 Å². The Morgan fingerprint density at radius 2 is 2.24 bits per heavy atom. The number of hydrogen-bond acceptors (Lipinski definition) is 5. The van der Waals surface area contributed by atoms with E-state index in [1.54, 1.807) is 0 Å². The molecule has 1 amide bonds. The standard InChI is InChI=1S/C13H14N2O6/c16-12(14-5-4-9(7-14)13(17)18)8-21-11-3-1-2-10(6-11)15(19)20/h1-3,6,9H,4-5,7-8H2,(H,17,18). The van der Waals surface area contributed by atoms with Crippen LogP contribution in [0.3, 0.4) is 0 Å². The van der Waals surface area contributed by atoms with Crippen LogP contribution in [0.2, 0.25) is 0 Å². The minimum Gasteiger partial charge on any atom is -0.484 e. The fraction of sp³-hybridized carbons (Fsp3) is 0.385. The van der Waals surface area contributed by atoms with Gasteiger partial charge in [0, 0.05) is 19.2 Å². The Bertz CT molecular complexity index is 574. The monoisotopic (exact) mass is 294 g/mol. The van der Waals surface area contributed by atoms with Crippen molar-refractivity contribution in [3.63, 3.8) is 0 Å². The summed E-state index contributed by atoms with van der Waals surface area (Å²) in [5, 5.41) is 19.5. The van der Waals surface area contributed by atoms with E-state index in [0.29, 0.717) is 13.0 Å². The van der Waals surface area contributed by atoms with Gasteiger partial charge in [-0.1, -0.05) is 6.07 Å². The summed E-state index contributed by atoms with van der Waals surface area (Å²) >= 11 is 0. The number of carboxylic acids is 1. The molecule has 8 nitrogen and oxygen atoms in total. The van der Waals surface area contributed by atoms with Crippen molar-refractivity contribution >= 4 is 17.6 Å². The summed E-state index contributed by atoms with van der Waals surface area (Å²) in [6.07, 6.45) is 0.428. The number of rotatable bonds is 5. The molecule has 1 aliphatic rings. The molecule has 2 rings (SSSR count). The van der Waals surface area contributed by atoms with E-state index < -0.39 is 16.8 Å². The first-order valence-corrected chi connectivity index (χ1v) is 6.35. The van der Waals surface area contributed by atoms with Gasteiger partial charge in [0.2, 0.25) is 0 Å². The first-order valence-electron chi connectivity index (χ1n) is 6.35. The Morgan fingerprint density at radius 1 is 1.48 bits per heavy atom. The van der Waals surface area contributed by atoms with Crippen molar-refractivity contribution in [3.05, 3.63) is 34.4 Å². The number of nitro groups is 1. The molecule has 1 N–H and O–H groups in total. The Kier molecular flexibility index (Phi) is 4.36. The number of benzene rings is 1. The van der Waals surface area contributed by atoms with Gasteiger partial charge in [0.1, 0.15) is 5.75 Å². The molecule has 1 saturated heterocycles. The smallest absolute Gasteiger partial charge is 0.308 e. The van der Waals surface area contributed by atoms with Crippen LogP contribution in [0.5, 0.6) is 5.75 Å². The van der Waals surface area contributed by atoms with Crippen molar-refractivity contribution in [2.45, 2.75) is 6.42 Å². The molecule has 8 heteroatoms. The molecule has 1 aromatic carbocycles. The number of carboxylic acid groups (broad SMARTS) is 1. The Balaban J connectivity index is 1.88. The lowest BCUT2D eigenvalue weighted by molar-refractivity contribution is -0.384. The summed E-state index contributed by atoms with van der Waals surface area (Å²) in [6, 6.07) is 5.54. The van der Waals surface area contributed by atoms with Crippen molar-refractivity contribution in [1.29, 1.82) is 0 Å². The van der Waals surface area contributed by atoms with Gasteiger partial charge in [-0.25, -0.2) is 0 Å². The third-order valence-electron chi connectivity index (χ3n) is 3.28. The number of carbonyl (C=O) groups excluding carboxylic acids is 1. The van der Waals surface area contributed by atoms with E-state index in [1.807, 2.05) is 0 Å². The molecular weight excluding hydrogens is 280 g/mol. The van der Waals surface area contributed by atoms with Crippen LogP contribution in [0.4, 0.5) is 5.69 Å². The number of hydrogen-bond donors (Lipinski definition) is 1. The average Bonchev–Trinajstić information content (AvgIpc) is 2.95. The van der Waals surface area contributed by atoms with Gasteiger partial charge in [-0.15, -0.1) is 0 Å². The van der Waals surface area contributed by atoms with E-state index >= 15 is 0 Å². The average molecular weight is 294 g/mol. The topological polar surface area (TPSA) is 110 Å². The third-order valence-corrected chi connectivity index (χ3v) is 3.28. The highest BCUT2D eigenvalue weighted by Gasteiger charge is 2.30. The second kappa shape index (κ2) is 6.21. The molecule has 1 unspecified atom stereocenters. The van der Waals surface area contributed by atoms with E-state index in [1.165, 1.54) is 29.2 Å². The van der Waals surface area contributed by atoms with E-state index in [4.69, 9.17) is 9.84 Å². The molecule has 0 aromatic heterocycles. The van der Waals surface area contributed by atoms with E-state index in [2.05, 4.69) is 0 Å². The predicted octanol–water partition coefficient (Wildman–Crippen LogP) is 0.907. The molecule has 1 aliphatic heterocycles. The van der Waals surface area contributed by atoms with Gasteiger partial charge in [-0.3, -0.25) is 19.7 Å². The fourth-order valence-electron chi connectivity index (χ4n) is 2.11. The molecule has 112 valence electrons.